The number of nitrogens with one attached hydrogen (secondary N) is 2. The van der Waals surface area contributed by atoms with Crippen molar-refractivity contribution in [3.8, 4) is 0 Å². The number of benzene rings is 1. The third-order valence-corrected chi connectivity index (χ3v) is 4.68. The van der Waals surface area contributed by atoms with Gasteiger partial charge in [-0.05, 0) is 24.9 Å². The van der Waals surface area contributed by atoms with E-state index < -0.39 is 5.97 Å². The molecular weight excluding hydrogens is 348 g/mol. The van der Waals surface area contributed by atoms with Crippen molar-refractivity contribution in [3.05, 3.63) is 42.1 Å². The first kappa shape index (κ1) is 18.8. The summed E-state index contributed by atoms with van der Waals surface area (Å²) in [7, 11) is 0. The Hall–Kier alpha value is -2.94. The molecule has 1 aromatic carbocycles. The quantitative estimate of drug-likeness (QED) is 0.645. The molecule has 1 aliphatic rings. The first-order valence-electron chi connectivity index (χ1n) is 9.01. The number of likely N-dealkylation sites (N-methyl/N-ethyl adjacent to an activating group) is 1. The highest BCUT2D eigenvalue weighted by Crippen LogP contribution is 2.25. The lowest BCUT2D eigenvalue weighted by Gasteiger charge is -2.42. The molecule has 2 amide bonds. The second-order valence-corrected chi connectivity index (χ2v) is 6.66. The third-order valence-electron chi connectivity index (χ3n) is 4.68. The Kier molecular flexibility index (Phi) is 6.02. The van der Waals surface area contributed by atoms with E-state index >= 15 is 0 Å². The van der Waals surface area contributed by atoms with Gasteiger partial charge in [-0.2, -0.15) is 0 Å². The summed E-state index contributed by atoms with van der Waals surface area (Å²) in [5, 5.41) is 22.5. The Labute approximate surface area is 157 Å². The zero-order valence-corrected chi connectivity index (χ0v) is 15.2. The number of aliphatic carboxylic acids is 1. The van der Waals surface area contributed by atoms with Gasteiger partial charge in [0.15, 0.2) is 5.82 Å². The molecule has 1 saturated carbocycles. The molecule has 0 bridgehead atoms. The molecule has 0 radical (unpaired) electrons. The average molecular weight is 372 g/mol. The van der Waals surface area contributed by atoms with Crippen molar-refractivity contribution in [1.29, 1.82) is 0 Å². The number of carboxylic acid groups (broad SMARTS) is 1. The number of carbonyl (C=O) groups is 2. The standard InChI is InChI=1S/C18H24N6O3/c1-2-23(12-17(25)26)15-8-14(9-15)19-18(27)20-16-11-24(22-21-16)10-13-6-4-3-5-7-13/h3-7,11,14-15H,2,8-10,12H2,1H3,(H,25,26)(H2,19,20,27). The second kappa shape index (κ2) is 8.63. The number of anilines is 1. The van der Waals surface area contributed by atoms with Gasteiger partial charge in [-0.3, -0.25) is 15.0 Å². The third kappa shape index (κ3) is 5.27. The van der Waals surface area contributed by atoms with E-state index in [0.29, 0.717) is 18.9 Å². The van der Waals surface area contributed by atoms with Gasteiger partial charge in [0.1, 0.15) is 0 Å². The lowest BCUT2D eigenvalue weighted by atomic mass is 9.85. The summed E-state index contributed by atoms with van der Waals surface area (Å²) in [5.41, 5.74) is 1.10. The Morgan fingerprint density at radius 1 is 1.30 bits per heavy atom. The van der Waals surface area contributed by atoms with Crippen molar-refractivity contribution in [2.24, 2.45) is 0 Å². The van der Waals surface area contributed by atoms with Crippen LogP contribution in [0.2, 0.25) is 0 Å². The number of hydrogen-bond acceptors (Lipinski definition) is 5. The van der Waals surface area contributed by atoms with E-state index in [-0.39, 0.29) is 24.7 Å². The van der Waals surface area contributed by atoms with Crippen molar-refractivity contribution < 1.29 is 14.7 Å². The lowest BCUT2D eigenvalue weighted by Crippen LogP contribution is -2.55. The summed E-state index contributed by atoms with van der Waals surface area (Å²) in [6.45, 7) is 3.23. The maximum absolute atomic E-state index is 12.1. The highest BCUT2D eigenvalue weighted by molar-refractivity contribution is 5.88. The molecule has 1 aliphatic carbocycles. The highest BCUT2D eigenvalue weighted by atomic mass is 16.4. The molecule has 27 heavy (non-hydrogen) atoms. The first-order valence-corrected chi connectivity index (χ1v) is 9.01. The monoisotopic (exact) mass is 372 g/mol. The molecule has 1 aromatic heterocycles. The van der Waals surface area contributed by atoms with Gasteiger partial charge < -0.3 is 10.4 Å². The summed E-state index contributed by atoms with van der Waals surface area (Å²) in [5.74, 6) is -0.440. The van der Waals surface area contributed by atoms with E-state index in [1.165, 1.54) is 0 Å². The topological polar surface area (TPSA) is 112 Å². The summed E-state index contributed by atoms with van der Waals surface area (Å²) in [4.78, 5) is 24.9. The van der Waals surface area contributed by atoms with Crippen LogP contribution in [0.5, 0.6) is 0 Å². The summed E-state index contributed by atoms with van der Waals surface area (Å²) < 4.78 is 1.66. The van der Waals surface area contributed by atoms with Crippen LogP contribution in [-0.4, -0.2) is 62.2 Å². The molecule has 0 saturated heterocycles. The maximum atomic E-state index is 12.1. The molecule has 144 valence electrons. The summed E-state index contributed by atoms with van der Waals surface area (Å²) in [6, 6.07) is 9.78. The molecule has 9 nitrogen and oxygen atoms in total. The molecule has 0 unspecified atom stereocenters. The van der Waals surface area contributed by atoms with Crippen molar-refractivity contribution in [1.82, 2.24) is 25.2 Å². The van der Waals surface area contributed by atoms with Crippen LogP contribution in [0.4, 0.5) is 10.6 Å². The molecule has 0 spiro atoms. The lowest BCUT2D eigenvalue weighted by molar-refractivity contribution is -0.139. The molecule has 9 heteroatoms. The molecule has 3 N–H and O–H groups in total. The van der Waals surface area contributed by atoms with Crippen LogP contribution < -0.4 is 10.6 Å². The minimum atomic E-state index is -0.829. The van der Waals surface area contributed by atoms with Gasteiger partial charge in [0.25, 0.3) is 0 Å². The van der Waals surface area contributed by atoms with E-state index in [0.717, 1.165) is 18.4 Å². The molecule has 1 fully saturated rings. The van der Waals surface area contributed by atoms with E-state index in [4.69, 9.17) is 5.11 Å². The zero-order valence-electron chi connectivity index (χ0n) is 15.2. The van der Waals surface area contributed by atoms with Crippen molar-refractivity contribution >= 4 is 17.8 Å². The fourth-order valence-electron chi connectivity index (χ4n) is 3.22. The number of rotatable bonds is 8. The van der Waals surface area contributed by atoms with Crippen LogP contribution in [-0.2, 0) is 11.3 Å². The first-order chi connectivity index (χ1) is 13.0. The summed E-state index contributed by atoms with van der Waals surface area (Å²) in [6.07, 6.45) is 3.17. The molecule has 0 aliphatic heterocycles. The fourth-order valence-corrected chi connectivity index (χ4v) is 3.22. The van der Waals surface area contributed by atoms with Gasteiger partial charge >= 0.3 is 12.0 Å². The van der Waals surface area contributed by atoms with Gasteiger partial charge in [-0.25, -0.2) is 9.48 Å². The van der Waals surface area contributed by atoms with E-state index in [9.17, 15) is 9.59 Å². The zero-order chi connectivity index (χ0) is 19.2. The van der Waals surface area contributed by atoms with Crippen LogP contribution in [0.25, 0.3) is 0 Å². The van der Waals surface area contributed by atoms with Crippen LogP contribution >= 0.6 is 0 Å². The molecule has 3 rings (SSSR count). The fraction of sp³-hybridized carbons (Fsp3) is 0.444. The van der Waals surface area contributed by atoms with E-state index in [1.807, 2.05) is 42.2 Å². The molecular formula is C18H24N6O3. The minimum Gasteiger partial charge on any atom is -0.480 e. The smallest absolute Gasteiger partial charge is 0.320 e. The van der Waals surface area contributed by atoms with Gasteiger partial charge in [-0.1, -0.05) is 42.5 Å². The van der Waals surface area contributed by atoms with Crippen molar-refractivity contribution in [2.45, 2.75) is 38.4 Å². The Morgan fingerprint density at radius 2 is 2.04 bits per heavy atom. The number of carbonyl (C=O) groups excluding carboxylic acids is 1. The van der Waals surface area contributed by atoms with Gasteiger partial charge in [0.2, 0.25) is 0 Å². The normalized spacial score (nSPS) is 18.7. The number of hydrogen-bond donors (Lipinski definition) is 3. The second-order valence-electron chi connectivity index (χ2n) is 6.66. The molecule has 1 heterocycles. The SMILES string of the molecule is CCN(CC(=O)O)C1CC(NC(=O)Nc2cn(Cc3ccccc3)nn2)C1. The van der Waals surface area contributed by atoms with Gasteiger partial charge in [-0.15, -0.1) is 5.10 Å². The number of nitrogens with zero attached hydrogens (tertiary/aromatic N) is 4. The van der Waals surface area contributed by atoms with Crippen molar-refractivity contribution in [2.75, 3.05) is 18.4 Å². The van der Waals surface area contributed by atoms with Gasteiger partial charge in [0.05, 0.1) is 19.3 Å². The predicted octanol–water partition coefficient (Wildman–Crippen LogP) is 1.39. The van der Waals surface area contributed by atoms with Crippen LogP contribution in [0.3, 0.4) is 0 Å². The Balaban J connectivity index is 1.42. The number of amides is 2. The van der Waals surface area contributed by atoms with E-state index in [1.54, 1.807) is 10.9 Å². The predicted molar refractivity (Wildman–Crippen MR) is 99.4 cm³/mol. The number of aromatic nitrogens is 3. The van der Waals surface area contributed by atoms with E-state index in [2.05, 4.69) is 20.9 Å². The molecule has 2 aromatic rings. The highest BCUT2D eigenvalue weighted by Gasteiger charge is 2.34. The molecule has 0 atom stereocenters. The summed E-state index contributed by atoms with van der Waals surface area (Å²) >= 11 is 0. The van der Waals surface area contributed by atoms with Gasteiger partial charge in [0, 0.05) is 12.1 Å². The maximum Gasteiger partial charge on any atom is 0.320 e. The van der Waals surface area contributed by atoms with Crippen LogP contribution in [0.1, 0.15) is 25.3 Å². The largest absolute Gasteiger partial charge is 0.480 e. The van der Waals surface area contributed by atoms with Crippen LogP contribution in [0.15, 0.2) is 36.5 Å². The average Bonchev–Trinajstić information content (AvgIpc) is 3.03. The number of urea groups is 1. The Bertz CT molecular complexity index is 772. The Morgan fingerprint density at radius 3 is 2.70 bits per heavy atom. The van der Waals surface area contributed by atoms with Crippen LogP contribution in [0, 0.1) is 0 Å². The minimum absolute atomic E-state index is 0.0323. The number of carboxylic acids is 1. The van der Waals surface area contributed by atoms with Crippen molar-refractivity contribution in [3.63, 3.8) is 0 Å².